The molecule has 2 rings (SSSR count). The third-order valence-corrected chi connectivity index (χ3v) is 4.12. The normalized spacial score (nSPS) is 17.9. The summed E-state index contributed by atoms with van der Waals surface area (Å²) in [6, 6.07) is 9.94. The maximum atomic E-state index is 11.9. The summed E-state index contributed by atoms with van der Waals surface area (Å²) < 4.78 is 5.40. The summed E-state index contributed by atoms with van der Waals surface area (Å²) in [5.41, 5.74) is 1.12. The SMILES string of the molecule is O=C(OCC1CCCCC1)C(S)Cc1ccccc1. The summed E-state index contributed by atoms with van der Waals surface area (Å²) in [7, 11) is 0. The Hall–Kier alpha value is -0.960. The first-order valence-electron chi connectivity index (χ1n) is 7.14. The molecule has 1 aromatic rings. The lowest BCUT2D eigenvalue weighted by atomic mass is 9.90. The van der Waals surface area contributed by atoms with Crippen molar-refractivity contribution in [1.82, 2.24) is 0 Å². The van der Waals surface area contributed by atoms with Gasteiger partial charge in [-0.15, -0.1) is 0 Å². The van der Waals surface area contributed by atoms with Crippen LogP contribution in [0.4, 0.5) is 0 Å². The van der Waals surface area contributed by atoms with E-state index in [1.54, 1.807) is 0 Å². The van der Waals surface area contributed by atoms with E-state index in [1.165, 1.54) is 32.1 Å². The fourth-order valence-corrected chi connectivity index (χ4v) is 2.86. The molecule has 19 heavy (non-hydrogen) atoms. The molecular formula is C16H22O2S. The van der Waals surface area contributed by atoms with Gasteiger partial charge >= 0.3 is 5.97 Å². The summed E-state index contributed by atoms with van der Waals surface area (Å²) in [4.78, 5) is 11.9. The van der Waals surface area contributed by atoms with E-state index < -0.39 is 0 Å². The van der Waals surface area contributed by atoms with Crippen LogP contribution in [0.5, 0.6) is 0 Å². The maximum absolute atomic E-state index is 11.9. The van der Waals surface area contributed by atoms with Crippen LogP contribution in [0.25, 0.3) is 0 Å². The van der Waals surface area contributed by atoms with Crippen LogP contribution in [0.15, 0.2) is 30.3 Å². The third-order valence-electron chi connectivity index (χ3n) is 3.73. The van der Waals surface area contributed by atoms with Gasteiger partial charge in [0.2, 0.25) is 0 Å². The molecule has 0 aliphatic heterocycles. The first kappa shape index (κ1) is 14.4. The fourth-order valence-electron chi connectivity index (χ4n) is 2.57. The van der Waals surface area contributed by atoms with Gasteiger partial charge < -0.3 is 4.74 Å². The van der Waals surface area contributed by atoms with Crippen LogP contribution in [0.1, 0.15) is 37.7 Å². The molecule has 0 saturated heterocycles. The van der Waals surface area contributed by atoms with Gasteiger partial charge in [-0.3, -0.25) is 4.79 Å². The highest BCUT2D eigenvalue weighted by atomic mass is 32.1. The minimum absolute atomic E-state index is 0.183. The van der Waals surface area contributed by atoms with Gasteiger partial charge in [0, 0.05) is 0 Å². The second kappa shape index (κ2) is 7.59. The van der Waals surface area contributed by atoms with Crippen LogP contribution in [-0.2, 0) is 16.0 Å². The standard InChI is InChI=1S/C16H22O2S/c17-16(18-12-14-9-5-2-6-10-14)15(19)11-13-7-3-1-4-8-13/h1,3-4,7-8,14-15,19H,2,5-6,9-12H2. The number of hydrogen-bond donors (Lipinski definition) is 1. The molecule has 0 amide bonds. The van der Waals surface area contributed by atoms with Gasteiger partial charge in [-0.05, 0) is 30.7 Å². The van der Waals surface area contributed by atoms with Gasteiger partial charge in [-0.1, -0.05) is 49.6 Å². The minimum atomic E-state index is -0.356. The molecule has 0 heterocycles. The maximum Gasteiger partial charge on any atom is 0.319 e. The van der Waals surface area contributed by atoms with Crippen LogP contribution in [-0.4, -0.2) is 17.8 Å². The van der Waals surface area contributed by atoms with Crippen LogP contribution >= 0.6 is 12.6 Å². The average molecular weight is 278 g/mol. The van der Waals surface area contributed by atoms with E-state index >= 15 is 0 Å². The van der Waals surface area contributed by atoms with Gasteiger partial charge in [0.05, 0.1) is 6.61 Å². The predicted octanol–water partition coefficient (Wildman–Crippen LogP) is 3.65. The lowest BCUT2D eigenvalue weighted by molar-refractivity contribution is -0.144. The van der Waals surface area contributed by atoms with Gasteiger partial charge in [0.25, 0.3) is 0 Å². The predicted molar refractivity (Wildman–Crippen MR) is 80.5 cm³/mol. The molecule has 2 nitrogen and oxygen atoms in total. The summed E-state index contributed by atoms with van der Waals surface area (Å²) in [5.74, 6) is 0.382. The van der Waals surface area contributed by atoms with E-state index in [4.69, 9.17) is 4.74 Å². The number of carbonyl (C=O) groups is 1. The van der Waals surface area contributed by atoms with Crippen molar-refractivity contribution in [2.45, 2.75) is 43.8 Å². The molecule has 1 atom stereocenters. The first-order valence-corrected chi connectivity index (χ1v) is 7.66. The van der Waals surface area contributed by atoms with E-state index in [0.29, 0.717) is 18.9 Å². The molecule has 0 N–H and O–H groups in total. The van der Waals surface area contributed by atoms with Crippen molar-refractivity contribution in [1.29, 1.82) is 0 Å². The zero-order valence-electron chi connectivity index (χ0n) is 11.3. The number of carbonyl (C=O) groups excluding carboxylic acids is 1. The second-order valence-corrected chi connectivity index (χ2v) is 5.96. The van der Waals surface area contributed by atoms with Crippen LogP contribution in [0.2, 0.25) is 0 Å². The monoisotopic (exact) mass is 278 g/mol. The van der Waals surface area contributed by atoms with Gasteiger partial charge in [0.15, 0.2) is 0 Å². The topological polar surface area (TPSA) is 26.3 Å². The van der Waals surface area contributed by atoms with Crippen LogP contribution < -0.4 is 0 Å². The Balaban J connectivity index is 1.73. The van der Waals surface area contributed by atoms with Gasteiger partial charge in [-0.2, -0.15) is 12.6 Å². The van der Waals surface area contributed by atoms with Crippen molar-refractivity contribution in [3.8, 4) is 0 Å². The van der Waals surface area contributed by atoms with Crippen molar-refractivity contribution >= 4 is 18.6 Å². The summed E-state index contributed by atoms with van der Waals surface area (Å²) in [6.07, 6.45) is 6.90. The molecule has 1 unspecified atom stereocenters. The smallest absolute Gasteiger partial charge is 0.319 e. The Labute approximate surface area is 121 Å². The third kappa shape index (κ3) is 4.90. The molecule has 1 fully saturated rings. The molecule has 104 valence electrons. The number of thiol groups is 1. The molecule has 0 radical (unpaired) electrons. The average Bonchev–Trinajstić information content (AvgIpc) is 2.47. The number of benzene rings is 1. The van der Waals surface area contributed by atoms with Crippen molar-refractivity contribution < 1.29 is 9.53 Å². The lowest BCUT2D eigenvalue weighted by Crippen LogP contribution is -2.24. The Morgan fingerprint density at radius 1 is 1.21 bits per heavy atom. The van der Waals surface area contributed by atoms with E-state index in [1.807, 2.05) is 30.3 Å². The highest BCUT2D eigenvalue weighted by Crippen LogP contribution is 2.24. The molecule has 1 saturated carbocycles. The molecular weight excluding hydrogens is 256 g/mol. The zero-order chi connectivity index (χ0) is 13.5. The number of hydrogen-bond acceptors (Lipinski definition) is 3. The molecule has 0 aromatic heterocycles. The second-order valence-electron chi connectivity index (χ2n) is 5.34. The fraction of sp³-hybridized carbons (Fsp3) is 0.562. The first-order chi connectivity index (χ1) is 9.25. The molecule has 1 aliphatic carbocycles. The molecule has 1 aromatic carbocycles. The highest BCUT2D eigenvalue weighted by Gasteiger charge is 2.19. The largest absolute Gasteiger partial charge is 0.465 e. The minimum Gasteiger partial charge on any atom is -0.465 e. The highest BCUT2D eigenvalue weighted by molar-refractivity contribution is 7.81. The molecule has 0 spiro atoms. The van der Waals surface area contributed by atoms with Crippen molar-refractivity contribution in [3.05, 3.63) is 35.9 Å². The number of esters is 1. The van der Waals surface area contributed by atoms with Crippen LogP contribution in [0.3, 0.4) is 0 Å². The summed E-state index contributed by atoms with van der Waals surface area (Å²) in [6.45, 7) is 0.574. The van der Waals surface area contributed by atoms with E-state index in [9.17, 15) is 4.79 Å². The molecule has 1 aliphatic rings. The molecule has 3 heteroatoms. The number of rotatable bonds is 5. The zero-order valence-corrected chi connectivity index (χ0v) is 12.1. The van der Waals surface area contributed by atoms with Crippen molar-refractivity contribution in [2.24, 2.45) is 5.92 Å². The molecule has 0 bridgehead atoms. The lowest BCUT2D eigenvalue weighted by Gasteiger charge is -2.21. The van der Waals surface area contributed by atoms with E-state index in [0.717, 1.165) is 5.56 Å². The number of ether oxygens (including phenoxy) is 1. The Morgan fingerprint density at radius 2 is 1.89 bits per heavy atom. The summed E-state index contributed by atoms with van der Waals surface area (Å²) >= 11 is 4.36. The van der Waals surface area contributed by atoms with E-state index in [-0.39, 0.29) is 11.2 Å². The summed E-state index contributed by atoms with van der Waals surface area (Å²) in [5, 5.41) is -0.356. The van der Waals surface area contributed by atoms with Gasteiger partial charge in [-0.25, -0.2) is 0 Å². The Morgan fingerprint density at radius 3 is 2.58 bits per heavy atom. The Bertz CT molecular complexity index is 385. The van der Waals surface area contributed by atoms with E-state index in [2.05, 4.69) is 12.6 Å². The van der Waals surface area contributed by atoms with Crippen LogP contribution in [0, 0.1) is 5.92 Å². The quantitative estimate of drug-likeness (QED) is 0.657. The Kier molecular flexibility index (Phi) is 5.77. The van der Waals surface area contributed by atoms with Crippen molar-refractivity contribution in [3.63, 3.8) is 0 Å². The van der Waals surface area contributed by atoms with Gasteiger partial charge in [0.1, 0.15) is 5.25 Å². The van der Waals surface area contributed by atoms with Crippen molar-refractivity contribution in [2.75, 3.05) is 6.61 Å².